The Bertz CT molecular complexity index is 983. The topological polar surface area (TPSA) is 84.8 Å². The van der Waals surface area contributed by atoms with Crippen LogP contribution in [0.2, 0.25) is 0 Å². The van der Waals surface area contributed by atoms with Gasteiger partial charge in [-0.1, -0.05) is 42.5 Å². The van der Waals surface area contributed by atoms with Crippen LogP contribution in [0.3, 0.4) is 0 Å². The molecule has 6 nitrogen and oxygen atoms in total. The highest BCUT2D eigenvalue weighted by atomic mass is 16.5. The normalized spacial score (nSPS) is 10.1. The average molecular weight is 360 g/mol. The Labute approximate surface area is 155 Å². The van der Waals surface area contributed by atoms with Crippen LogP contribution in [0.5, 0.6) is 5.75 Å². The maximum Gasteiger partial charge on any atom is 0.255 e. The predicted molar refractivity (Wildman–Crippen MR) is 103 cm³/mol. The Morgan fingerprint density at radius 3 is 2.11 bits per heavy atom. The van der Waals surface area contributed by atoms with Gasteiger partial charge in [-0.2, -0.15) is 0 Å². The van der Waals surface area contributed by atoms with Crippen LogP contribution < -0.4 is 10.1 Å². The lowest BCUT2D eigenvalue weighted by molar-refractivity contribution is 0.102. The van der Waals surface area contributed by atoms with Crippen molar-refractivity contribution in [3.05, 3.63) is 94.4 Å². The highest BCUT2D eigenvalue weighted by molar-refractivity contribution is 6.10. The van der Waals surface area contributed by atoms with Gasteiger partial charge in [0, 0.05) is 22.8 Å². The SMILES string of the molecule is COc1cc(N=O)ccc1NC(=O)c1ccc(C(=O)c2ccccc2)cc1. The number of nitroso groups, excluding NO2 is 1. The molecule has 3 aromatic rings. The summed E-state index contributed by atoms with van der Waals surface area (Å²) in [6, 6.07) is 19.8. The average Bonchev–Trinajstić information content (AvgIpc) is 2.74. The van der Waals surface area contributed by atoms with Crippen molar-refractivity contribution in [2.24, 2.45) is 5.18 Å². The number of methoxy groups -OCH3 is 1. The van der Waals surface area contributed by atoms with Gasteiger partial charge in [-0.15, -0.1) is 4.91 Å². The highest BCUT2D eigenvalue weighted by Gasteiger charge is 2.13. The standard InChI is InChI=1S/C21H16N2O4/c1-27-19-13-17(23-26)11-12-18(19)22-21(25)16-9-7-15(8-10-16)20(24)14-5-3-2-4-6-14/h2-13H,1H3,(H,22,25). The molecule has 0 aliphatic carbocycles. The van der Waals surface area contributed by atoms with Crippen LogP contribution in [0.1, 0.15) is 26.3 Å². The second kappa shape index (κ2) is 8.05. The van der Waals surface area contributed by atoms with Crippen molar-refractivity contribution in [1.29, 1.82) is 0 Å². The Kier molecular flexibility index (Phi) is 5.37. The zero-order chi connectivity index (χ0) is 19.2. The molecule has 6 heteroatoms. The molecule has 0 aliphatic heterocycles. The van der Waals surface area contributed by atoms with Crippen LogP contribution in [0.15, 0.2) is 78.0 Å². The summed E-state index contributed by atoms with van der Waals surface area (Å²) in [5.41, 5.74) is 2.09. The number of ketones is 1. The molecule has 0 unspecified atom stereocenters. The molecule has 1 N–H and O–H groups in total. The zero-order valence-electron chi connectivity index (χ0n) is 14.5. The maximum atomic E-state index is 12.5. The van der Waals surface area contributed by atoms with Crippen LogP contribution in [0, 0.1) is 4.91 Å². The lowest BCUT2D eigenvalue weighted by Crippen LogP contribution is -2.13. The van der Waals surface area contributed by atoms with E-state index in [0.29, 0.717) is 28.1 Å². The minimum atomic E-state index is -0.362. The van der Waals surface area contributed by atoms with E-state index >= 15 is 0 Å². The fraction of sp³-hybridized carbons (Fsp3) is 0.0476. The van der Waals surface area contributed by atoms with Gasteiger partial charge in [-0.05, 0) is 29.4 Å². The van der Waals surface area contributed by atoms with Crippen LogP contribution in [0.4, 0.5) is 11.4 Å². The molecule has 134 valence electrons. The fourth-order valence-electron chi connectivity index (χ4n) is 2.56. The Morgan fingerprint density at radius 2 is 1.48 bits per heavy atom. The molecule has 0 bridgehead atoms. The van der Waals surface area contributed by atoms with Gasteiger partial charge >= 0.3 is 0 Å². The largest absolute Gasteiger partial charge is 0.494 e. The molecule has 0 fully saturated rings. The lowest BCUT2D eigenvalue weighted by atomic mass is 10.0. The monoisotopic (exact) mass is 360 g/mol. The molecule has 27 heavy (non-hydrogen) atoms. The molecule has 0 heterocycles. The maximum absolute atomic E-state index is 12.5. The van der Waals surface area contributed by atoms with Gasteiger partial charge in [0.25, 0.3) is 5.91 Å². The minimum Gasteiger partial charge on any atom is -0.494 e. The summed E-state index contributed by atoms with van der Waals surface area (Å²) in [7, 11) is 1.43. The number of anilines is 1. The van der Waals surface area contributed by atoms with Gasteiger partial charge in [0.05, 0.1) is 12.8 Å². The van der Waals surface area contributed by atoms with Crippen molar-refractivity contribution in [3.63, 3.8) is 0 Å². The van der Waals surface area contributed by atoms with Crippen molar-refractivity contribution >= 4 is 23.1 Å². The molecular formula is C21H16N2O4. The lowest BCUT2D eigenvalue weighted by Gasteiger charge is -2.10. The second-order valence-corrected chi connectivity index (χ2v) is 5.70. The first-order valence-electron chi connectivity index (χ1n) is 8.15. The number of nitrogens with one attached hydrogen (secondary N) is 1. The van der Waals surface area contributed by atoms with E-state index < -0.39 is 0 Å². The van der Waals surface area contributed by atoms with Crippen LogP contribution >= 0.6 is 0 Å². The van der Waals surface area contributed by atoms with Crippen molar-refractivity contribution in [2.75, 3.05) is 12.4 Å². The van der Waals surface area contributed by atoms with Gasteiger partial charge < -0.3 is 10.1 Å². The number of nitrogens with zero attached hydrogens (tertiary/aromatic N) is 1. The van der Waals surface area contributed by atoms with Gasteiger partial charge in [0.15, 0.2) is 5.78 Å². The third-order valence-electron chi connectivity index (χ3n) is 3.98. The van der Waals surface area contributed by atoms with Crippen molar-refractivity contribution in [3.8, 4) is 5.75 Å². The van der Waals surface area contributed by atoms with Gasteiger partial charge in [-0.3, -0.25) is 9.59 Å². The van der Waals surface area contributed by atoms with E-state index in [2.05, 4.69) is 10.5 Å². The number of benzene rings is 3. The predicted octanol–water partition coefficient (Wildman–Crippen LogP) is 4.58. The summed E-state index contributed by atoms with van der Waals surface area (Å²) >= 11 is 0. The zero-order valence-corrected chi connectivity index (χ0v) is 14.5. The van der Waals surface area contributed by atoms with E-state index in [-0.39, 0.29) is 17.4 Å². The molecule has 3 aromatic carbocycles. The fourth-order valence-corrected chi connectivity index (χ4v) is 2.56. The molecule has 0 atom stereocenters. The van der Waals surface area contributed by atoms with Crippen LogP contribution in [0.25, 0.3) is 0 Å². The summed E-state index contributed by atoms with van der Waals surface area (Å²) in [5.74, 6) is -0.142. The quantitative estimate of drug-likeness (QED) is 0.515. The van der Waals surface area contributed by atoms with E-state index in [4.69, 9.17) is 4.74 Å². The summed E-state index contributed by atoms with van der Waals surface area (Å²) in [6.45, 7) is 0. The molecule has 3 rings (SSSR count). The number of carbonyl (C=O) groups excluding carboxylic acids is 2. The number of amides is 1. The highest BCUT2D eigenvalue weighted by Crippen LogP contribution is 2.29. The molecule has 1 amide bonds. The van der Waals surface area contributed by atoms with E-state index in [1.165, 1.54) is 19.2 Å². The number of carbonyl (C=O) groups is 2. The molecule has 0 saturated heterocycles. The van der Waals surface area contributed by atoms with Crippen molar-refractivity contribution in [2.45, 2.75) is 0 Å². The number of ether oxygens (including phenoxy) is 1. The Balaban J connectivity index is 1.76. The molecule has 0 aliphatic rings. The minimum absolute atomic E-state index is 0.110. The van der Waals surface area contributed by atoms with Crippen LogP contribution in [-0.4, -0.2) is 18.8 Å². The van der Waals surface area contributed by atoms with Crippen LogP contribution in [-0.2, 0) is 0 Å². The molecule has 0 saturated carbocycles. The Morgan fingerprint density at radius 1 is 0.852 bits per heavy atom. The van der Waals surface area contributed by atoms with Crippen molar-refractivity contribution < 1.29 is 14.3 Å². The molecule has 0 radical (unpaired) electrons. The van der Waals surface area contributed by atoms with E-state index in [1.807, 2.05) is 6.07 Å². The van der Waals surface area contributed by atoms with Gasteiger partial charge in [0.2, 0.25) is 0 Å². The first kappa shape index (κ1) is 18.0. The summed E-state index contributed by atoms with van der Waals surface area (Å²) in [5, 5.41) is 5.55. The molecular weight excluding hydrogens is 344 g/mol. The number of hydrogen-bond acceptors (Lipinski definition) is 5. The first-order chi connectivity index (χ1) is 13.1. The summed E-state index contributed by atoms with van der Waals surface area (Å²) < 4.78 is 5.17. The van der Waals surface area contributed by atoms with E-state index in [1.54, 1.807) is 54.6 Å². The first-order valence-corrected chi connectivity index (χ1v) is 8.15. The summed E-state index contributed by atoms with van der Waals surface area (Å²) in [6.07, 6.45) is 0. The smallest absolute Gasteiger partial charge is 0.255 e. The van der Waals surface area contributed by atoms with E-state index in [0.717, 1.165) is 0 Å². The second-order valence-electron chi connectivity index (χ2n) is 5.70. The number of rotatable bonds is 6. The number of hydrogen-bond donors (Lipinski definition) is 1. The van der Waals surface area contributed by atoms with Gasteiger partial charge in [-0.25, -0.2) is 0 Å². The third kappa shape index (κ3) is 4.07. The Hall–Kier alpha value is -3.80. The van der Waals surface area contributed by atoms with E-state index in [9.17, 15) is 14.5 Å². The van der Waals surface area contributed by atoms with Crippen molar-refractivity contribution in [1.82, 2.24) is 0 Å². The summed E-state index contributed by atoms with van der Waals surface area (Å²) in [4.78, 5) is 35.5. The molecule has 0 spiro atoms. The molecule has 0 aromatic heterocycles. The third-order valence-corrected chi connectivity index (χ3v) is 3.98. The van der Waals surface area contributed by atoms with Gasteiger partial charge in [0.1, 0.15) is 11.4 Å².